The number of rotatable bonds is 4. The number of anilines is 1. The van der Waals surface area contributed by atoms with E-state index in [2.05, 4.69) is 21.7 Å². The second-order valence-electron chi connectivity index (χ2n) is 4.79. The minimum absolute atomic E-state index is 0.247. The highest BCUT2D eigenvalue weighted by Crippen LogP contribution is 2.22. The van der Waals surface area contributed by atoms with Crippen molar-refractivity contribution in [1.29, 1.82) is 0 Å². The molecule has 1 aromatic heterocycles. The standard InChI is InChI=1S/C11H19N3O2S2/c1-10-9-13(6-8-18(2,15)16)4-5-14(10)11-12-3-7-17-11/h3,7,10H,4-6,8-9H2,1-2H3/t10-/m0/s1. The molecule has 2 heterocycles. The summed E-state index contributed by atoms with van der Waals surface area (Å²) in [7, 11) is -2.86. The smallest absolute Gasteiger partial charge is 0.185 e. The lowest BCUT2D eigenvalue weighted by Crippen LogP contribution is -2.52. The molecule has 1 aliphatic rings. The molecule has 0 spiro atoms. The van der Waals surface area contributed by atoms with Crippen LogP contribution in [0.1, 0.15) is 6.92 Å². The Morgan fingerprint density at radius 3 is 2.83 bits per heavy atom. The number of hydrogen-bond acceptors (Lipinski definition) is 6. The lowest BCUT2D eigenvalue weighted by molar-refractivity contribution is 0.240. The number of nitrogens with zero attached hydrogens (tertiary/aromatic N) is 3. The summed E-state index contributed by atoms with van der Waals surface area (Å²) in [6, 6.07) is 0.379. The third-order valence-corrected chi connectivity index (χ3v) is 4.89. The molecule has 1 saturated heterocycles. The zero-order valence-electron chi connectivity index (χ0n) is 10.7. The van der Waals surface area contributed by atoms with Gasteiger partial charge in [0.1, 0.15) is 9.84 Å². The van der Waals surface area contributed by atoms with Crippen LogP contribution in [-0.4, -0.2) is 62.5 Å². The van der Waals surface area contributed by atoms with Crippen molar-refractivity contribution in [2.75, 3.05) is 43.1 Å². The van der Waals surface area contributed by atoms with Crippen LogP contribution in [0.3, 0.4) is 0 Å². The molecule has 0 radical (unpaired) electrons. The van der Waals surface area contributed by atoms with Crippen LogP contribution in [-0.2, 0) is 9.84 Å². The van der Waals surface area contributed by atoms with Crippen molar-refractivity contribution in [1.82, 2.24) is 9.88 Å². The highest BCUT2D eigenvalue weighted by Gasteiger charge is 2.25. The Kier molecular flexibility index (Phi) is 4.24. The average Bonchev–Trinajstić information content (AvgIpc) is 2.79. The van der Waals surface area contributed by atoms with E-state index in [1.165, 1.54) is 6.26 Å². The predicted octanol–water partition coefficient (Wildman–Crippen LogP) is 0.698. The van der Waals surface area contributed by atoms with Gasteiger partial charge in [0.15, 0.2) is 5.13 Å². The SMILES string of the molecule is C[C@H]1CN(CCS(C)(=O)=O)CCN1c1nccs1. The summed E-state index contributed by atoms with van der Waals surface area (Å²) in [6.45, 7) is 5.51. The first-order valence-corrected chi connectivity index (χ1v) is 8.96. The molecule has 0 aliphatic carbocycles. The van der Waals surface area contributed by atoms with E-state index in [1.807, 2.05) is 11.6 Å². The summed E-state index contributed by atoms with van der Waals surface area (Å²) in [5.41, 5.74) is 0. The summed E-state index contributed by atoms with van der Waals surface area (Å²) >= 11 is 1.65. The molecule has 1 atom stereocenters. The van der Waals surface area contributed by atoms with Crippen LogP contribution in [0.4, 0.5) is 5.13 Å². The number of thiazole rings is 1. The molecule has 18 heavy (non-hydrogen) atoms. The van der Waals surface area contributed by atoms with Crippen LogP contribution in [0, 0.1) is 0 Å². The Hall–Kier alpha value is -0.660. The molecule has 0 amide bonds. The van der Waals surface area contributed by atoms with Gasteiger partial charge in [0.05, 0.1) is 5.75 Å². The number of aromatic nitrogens is 1. The molecule has 5 nitrogen and oxygen atoms in total. The molecule has 0 saturated carbocycles. The predicted molar refractivity (Wildman–Crippen MR) is 75.1 cm³/mol. The van der Waals surface area contributed by atoms with E-state index in [-0.39, 0.29) is 5.75 Å². The lowest BCUT2D eigenvalue weighted by Gasteiger charge is -2.39. The van der Waals surface area contributed by atoms with Gasteiger partial charge in [-0.3, -0.25) is 4.90 Å². The van der Waals surface area contributed by atoms with Gasteiger partial charge in [0.25, 0.3) is 0 Å². The summed E-state index contributed by atoms with van der Waals surface area (Å²) in [5, 5.41) is 3.04. The molecule has 1 aliphatic heterocycles. The fourth-order valence-electron chi connectivity index (χ4n) is 2.17. The molecule has 2 rings (SSSR count). The first-order valence-electron chi connectivity index (χ1n) is 6.02. The van der Waals surface area contributed by atoms with E-state index in [4.69, 9.17) is 0 Å². The fourth-order valence-corrected chi connectivity index (χ4v) is 3.53. The monoisotopic (exact) mass is 289 g/mol. The quantitative estimate of drug-likeness (QED) is 0.816. The van der Waals surface area contributed by atoms with Crippen molar-refractivity contribution in [2.45, 2.75) is 13.0 Å². The Balaban J connectivity index is 1.88. The normalized spacial score (nSPS) is 22.3. The molecule has 1 fully saturated rings. The fraction of sp³-hybridized carbons (Fsp3) is 0.727. The Morgan fingerprint density at radius 2 is 2.28 bits per heavy atom. The Morgan fingerprint density at radius 1 is 1.50 bits per heavy atom. The van der Waals surface area contributed by atoms with Crippen LogP contribution in [0.15, 0.2) is 11.6 Å². The van der Waals surface area contributed by atoms with E-state index in [1.54, 1.807) is 11.3 Å². The van der Waals surface area contributed by atoms with Crippen LogP contribution in [0.25, 0.3) is 0 Å². The third-order valence-electron chi connectivity index (χ3n) is 3.15. The van der Waals surface area contributed by atoms with Crippen molar-refractivity contribution in [2.24, 2.45) is 0 Å². The number of piperazine rings is 1. The minimum Gasteiger partial charge on any atom is -0.343 e. The maximum Gasteiger partial charge on any atom is 0.185 e. The highest BCUT2D eigenvalue weighted by molar-refractivity contribution is 7.90. The topological polar surface area (TPSA) is 53.5 Å². The van der Waals surface area contributed by atoms with Crippen molar-refractivity contribution in [3.05, 3.63) is 11.6 Å². The van der Waals surface area contributed by atoms with Gasteiger partial charge in [-0.1, -0.05) is 0 Å². The van der Waals surface area contributed by atoms with Crippen molar-refractivity contribution < 1.29 is 8.42 Å². The van der Waals surface area contributed by atoms with E-state index in [9.17, 15) is 8.42 Å². The van der Waals surface area contributed by atoms with Gasteiger partial charge in [-0.25, -0.2) is 13.4 Å². The maximum atomic E-state index is 11.2. The largest absolute Gasteiger partial charge is 0.343 e. The zero-order valence-corrected chi connectivity index (χ0v) is 12.4. The molecular formula is C11H19N3O2S2. The van der Waals surface area contributed by atoms with Gasteiger partial charge in [-0.2, -0.15) is 0 Å². The zero-order chi connectivity index (χ0) is 13.2. The van der Waals surface area contributed by atoms with Crippen molar-refractivity contribution in [3.8, 4) is 0 Å². The van der Waals surface area contributed by atoms with Crippen LogP contribution in [0.5, 0.6) is 0 Å². The van der Waals surface area contributed by atoms with E-state index < -0.39 is 9.84 Å². The molecule has 0 N–H and O–H groups in total. The number of sulfone groups is 1. The molecule has 7 heteroatoms. The van der Waals surface area contributed by atoms with Gasteiger partial charge in [-0.15, -0.1) is 11.3 Å². The van der Waals surface area contributed by atoms with E-state index >= 15 is 0 Å². The minimum atomic E-state index is -2.86. The molecule has 0 aromatic carbocycles. The first-order chi connectivity index (χ1) is 8.46. The van der Waals surface area contributed by atoms with Crippen LogP contribution in [0.2, 0.25) is 0 Å². The van der Waals surface area contributed by atoms with Gasteiger partial charge in [-0.05, 0) is 6.92 Å². The molecule has 0 bridgehead atoms. The van der Waals surface area contributed by atoms with Gasteiger partial charge in [0.2, 0.25) is 0 Å². The Labute approximate surface area is 112 Å². The van der Waals surface area contributed by atoms with Gasteiger partial charge < -0.3 is 4.90 Å². The van der Waals surface area contributed by atoms with E-state index in [0.717, 1.165) is 24.8 Å². The first kappa shape index (κ1) is 13.8. The Bertz CT molecular complexity index is 472. The highest BCUT2D eigenvalue weighted by atomic mass is 32.2. The second kappa shape index (κ2) is 5.54. The summed E-state index contributed by atoms with van der Waals surface area (Å²) in [6.07, 6.45) is 3.12. The van der Waals surface area contributed by atoms with Crippen molar-refractivity contribution >= 4 is 26.3 Å². The van der Waals surface area contributed by atoms with Crippen molar-refractivity contribution in [3.63, 3.8) is 0 Å². The van der Waals surface area contributed by atoms with Gasteiger partial charge >= 0.3 is 0 Å². The second-order valence-corrected chi connectivity index (χ2v) is 7.92. The average molecular weight is 289 g/mol. The molecule has 0 unspecified atom stereocenters. The van der Waals surface area contributed by atoms with E-state index in [0.29, 0.717) is 12.6 Å². The molecule has 1 aromatic rings. The number of hydrogen-bond donors (Lipinski definition) is 0. The van der Waals surface area contributed by atoms with Crippen LogP contribution >= 0.6 is 11.3 Å². The summed E-state index contributed by atoms with van der Waals surface area (Å²) in [4.78, 5) is 8.84. The van der Waals surface area contributed by atoms with Gasteiger partial charge in [0, 0.05) is 50.1 Å². The molecular weight excluding hydrogens is 270 g/mol. The molecule has 102 valence electrons. The lowest BCUT2D eigenvalue weighted by atomic mass is 10.2. The third kappa shape index (κ3) is 3.66. The maximum absolute atomic E-state index is 11.2. The van der Waals surface area contributed by atoms with Crippen LogP contribution < -0.4 is 4.90 Å². The summed E-state index contributed by atoms with van der Waals surface area (Å²) < 4.78 is 22.3. The summed E-state index contributed by atoms with van der Waals surface area (Å²) in [5.74, 6) is 0.247.